The zero-order valence-corrected chi connectivity index (χ0v) is 46.9. The van der Waals surface area contributed by atoms with Gasteiger partial charge in [0, 0.05) is 65.3 Å². The lowest BCUT2D eigenvalue weighted by atomic mass is 9.89. The van der Waals surface area contributed by atoms with E-state index in [0.29, 0.717) is 36.4 Å². The van der Waals surface area contributed by atoms with Crippen LogP contribution >= 0.6 is 7.75 Å². The number of nitrogens with zero attached hydrogens (tertiary/aromatic N) is 4. The molecule has 1 aromatic rings. The summed E-state index contributed by atoms with van der Waals surface area (Å²) < 4.78 is 31.5. The largest absolute Gasteiger partial charge is 0.480 e. The molecule has 24 heteroatoms. The van der Waals surface area contributed by atoms with Crippen LogP contribution in [0.4, 0.5) is 0 Å². The second-order valence-electron chi connectivity index (χ2n) is 20.5. The number of carbonyl (C=O) groups is 9. The summed E-state index contributed by atoms with van der Waals surface area (Å²) in [6, 6.07) is 3.41. The highest BCUT2D eigenvalue weighted by molar-refractivity contribution is 7.50. The van der Waals surface area contributed by atoms with Gasteiger partial charge in [0.2, 0.25) is 35.4 Å². The molecular formula is C52H82N7O16P. The number of benzene rings is 1. The van der Waals surface area contributed by atoms with Crippen molar-refractivity contribution in [2.75, 3.05) is 48.0 Å². The molecule has 1 saturated heterocycles. The fourth-order valence-corrected chi connectivity index (χ4v) is 10.9. The average Bonchev–Trinajstić information content (AvgIpc) is 4.00. The molecule has 76 heavy (non-hydrogen) atoms. The number of aliphatic hydroxyl groups excluding tert-OH is 1. The molecule has 12 atom stereocenters. The van der Waals surface area contributed by atoms with E-state index >= 15 is 0 Å². The number of likely N-dealkylation sites (tertiary alicyclic amines) is 1. The van der Waals surface area contributed by atoms with Gasteiger partial charge in [-0.05, 0) is 56.6 Å². The Morgan fingerprint density at radius 1 is 0.829 bits per heavy atom. The van der Waals surface area contributed by atoms with Crippen molar-refractivity contribution in [2.45, 2.75) is 149 Å². The van der Waals surface area contributed by atoms with E-state index in [2.05, 4.69) is 16.0 Å². The van der Waals surface area contributed by atoms with E-state index in [4.69, 9.17) is 14.0 Å². The SMILES string of the molecule is CC[C@H](C)[C@@H]([C@@H](CC(=O)N1CCC([C@H](OC)[C@@H](C)C(=O)N[C@H](C)[C@@H](O)c2ccccc2)C1)OC)N(C)C(=O)[C@@H](NC(=O)[C@H](C(C)C)N(C)P(=O)(O)OC[C@H](NC(=O)CCCCC(=O)N1C(=O)C=CC1=O)C(=O)O)C(C)C. The first-order valence-corrected chi connectivity index (χ1v) is 27.4. The van der Waals surface area contributed by atoms with Crippen LogP contribution in [0.1, 0.15) is 112 Å². The van der Waals surface area contributed by atoms with Gasteiger partial charge >= 0.3 is 13.7 Å². The number of aliphatic hydroxyl groups is 1. The van der Waals surface area contributed by atoms with E-state index in [1.54, 1.807) is 65.6 Å². The molecule has 6 N–H and O–H groups in total. The molecule has 426 valence electrons. The lowest BCUT2D eigenvalue weighted by Gasteiger charge is -2.40. The lowest BCUT2D eigenvalue weighted by Crippen LogP contribution is -2.59. The molecule has 2 aliphatic rings. The third-order valence-corrected chi connectivity index (χ3v) is 15.9. The Balaban J connectivity index is 1.66. The molecule has 0 radical (unpaired) electrons. The van der Waals surface area contributed by atoms with Gasteiger partial charge in [0.05, 0.1) is 49.3 Å². The Bertz CT molecular complexity index is 2250. The van der Waals surface area contributed by atoms with Crippen LogP contribution in [0.5, 0.6) is 0 Å². The van der Waals surface area contributed by atoms with Crippen LogP contribution in [0.15, 0.2) is 42.5 Å². The van der Waals surface area contributed by atoms with Gasteiger partial charge in [0.25, 0.3) is 11.8 Å². The standard InChI is InChI=1S/C52H82N7O16P/c1-13-32(6)46(38(73-11)27-43(64)58-26-25-36(28-58)48(74-12)33(7)49(66)53-34(8)47(65)35-19-15-14-16-20-35)56(9)51(68)44(30(2)3)55-50(67)45(31(4)5)57(10)76(71,72)75-29-37(52(69)70)54-39(60)21-17-18-22-40(61)59-41(62)23-24-42(59)63/h14-16,19-20,23-24,30-34,36-38,44-48,65H,13,17-18,21-22,25-29H2,1-12H3,(H,53,66)(H,54,60)(H,55,67)(H,69,70)(H,71,72)/t32-,33+,34+,36?,37-,38+,44-,45-,46-,47+,48+/m0/s1. The van der Waals surface area contributed by atoms with E-state index in [1.165, 1.54) is 19.1 Å². The molecule has 2 heterocycles. The van der Waals surface area contributed by atoms with Crippen LogP contribution < -0.4 is 16.0 Å². The summed E-state index contributed by atoms with van der Waals surface area (Å²) in [6.07, 6.45) is 0.411. The molecule has 0 aromatic heterocycles. The molecule has 2 unspecified atom stereocenters. The number of unbranched alkanes of at least 4 members (excludes halogenated alkanes) is 1. The van der Waals surface area contributed by atoms with Gasteiger partial charge in [0.15, 0.2) is 6.04 Å². The summed E-state index contributed by atoms with van der Waals surface area (Å²) in [5.74, 6) is -8.69. The molecule has 0 bridgehead atoms. The first-order valence-electron chi connectivity index (χ1n) is 25.9. The third-order valence-electron chi connectivity index (χ3n) is 14.4. The third kappa shape index (κ3) is 17.6. The maximum Gasteiger partial charge on any atom is 0.406 e. The van der Waals surface area contributed by atoms with Gasteiger partial charge in [-0.1, -0.05) is 85.2 Å². The van der Waals surface area contributed by atoms with Crippen LogP contribution in [0, 0.1) is 29.6 Å². The molecular weight excluding hydrogens is 1010 g/mol. The minimum Gasteiger partial charge on any atom is -0.480 e. The Kier molecular flexibility index (Phi) is 25.5. The molecule has 3 rings (SSSR count). The molecule has 1 fully saturated rings. The average molecular weight is 1090 g/mol. The second kappa shape index (κ2) is 29.9. The number of likely N-dealkylation sites (N-methyl/N-ethyl adjacent to an activating group) is 2. The number of ether oxygens (including phenoxy) is 2. The number of amides is 8. The summed E-state index contributed by atoms with van der Waals surface area (Å²) in [6.45, 7) is 13.7. The van der Waals surface area contributed by atoms with Crippen molar-refractivity contribution in [3.8, 4) is 0 Å². The van der Waals surface area contributed by atoms with Crippen LogP contribution in [0.25, 0.3) is 0 Å². The Morgan fingerprint density at radius 2 is 1.43 bits per heavy atom. The first kappa shape index (κ1) is 64.9. The maximum absolute atomic E-state index is 14.6. The topological polar surface area (TPSA) is 308 Å². The summed E-state index contributed by atoms with van der Waals surface area (Å²) >= 11 is 0. The molecule has 0 saturated carbocycles. The molecule has 0 spiro atoms. The normalized spacial score (nSPS) is 19.5. The van der Waals surface area contributed by atoms with Gasteiger partial charge in [0.1, 0.15) is 12.1 Å². The Morgan fingerprint density at radius 3 is 1.97 bits per heavy atom. The summed E-state index contributed by atoms with van der Waals surface area (Å²) in [5.41, 5.74) is 0.672. The number of rotatable bonds is 31. The van der Waals surface area contributed by atoms with Gasteiger partial charge in [-0.25, -0.2) is 14.3 Å². The van der Waals surface area contributed by atoms with Crippen molar-refractivity contribution >= 4 is 61.0 Å². The second-order valence-corrected chi connectivity index (χ2v) is 22.4. The summed E-state index contributed by atoms with van der Waals surface area (Å²) in [4.78, 5) is 132. The predicted octanol–water partition coefficient (Wildman–Crippen LogP) is 2.80. The minimum absolute atomic E-state index is 0.0750. The monoisotopic (exact) mass is 1090 g/mol. The van der Waals surface area contributed by atoms with Gasteiger partial charge < -0.3 is 50.3 Å². The summed E-state index contributed by atoms with van der Waals surface area (Å²) in [5, 5.41) is 28.5. The number of carboxylic acid groups (broad SMARTS) is 1. The van der Waals surface area contributed by atoms with Crippen LogP contribution in [-0.2, 0) is 61.7 Å². The lowest BCUT2D eigenvalue weighted by molar-refractivity contribution is -0.148. The van der Waals surface area contributed by atoms with E-state index < -0.39 is 122 Å². The molecule has 23 nitrogen and oxygen atoms in total. The predicted molar refractivity (Wildman–Crippen MR) is 278 cm³/mol. The number of hydrogen-bond acceptors (Lipinski definition) is 14. The van der Waals surface area contributed by atoms with Crippen LogP contribution in [-0.4, -0.2) is 178 Å². The number of carboxylic acids is 1. The molecule has 2 aliphatic heterocycles. The number of aliphatic carboxylic acids is 1. The maximum atomic E-state index is 14.6. The first-order chi connectivity index (χ1) is 35.6. The Labute approximate surface area is 446 Å². The molecule has 1 aromatic carbocycles. The zero-order chi connectivity index (χ0) is 57.4. The van der Waals surface area contributed by atoms with Crippen molar-refractivity contribution < 1.29 is 76.8 Å². The van der Waals surface area contributed by atoms with Gasteiger partial charge in [-0.2, -0.15) is 4.67 Å². The van der Waals surface area contributed by atoms with Gasteiger partial charge in [-0.15, -0.1) is 0 Å². The van der Waals surface area contributed by atoms with E-state index in [-0.39, 0.29) is 55.8 Å². The quantitative estimate of drug-likeness (QED) is 0.0354. The van der Waals surface area contributed by atoms with Crippen LogP contribution in [0.2, 0.25) is 0 Å². The Hall–Kier alpha value is -5.42. The van der Waals surface area contributed by atoms with Crippen molar-refractivity contribution in [1.29, 1.82) is 0 Å². The number of imide groups is 3. The summed E-state index contributed by atoms with van der Waals surface area (Å²) in [7, 11) is 0.694. The smallest absolute Gasteiger partial charge is 0.406 e. The van der Waals surface area contributed by atoms with E-state index in [0.717, 1.165) is 23.9 Å². The molecule has 8 amide bonds. The number of hydrogen-bond donors (Lipinski definition) is 6. The highest BCUT2D eigenvalue weighted by atomic mass is 31.2. The fourth-order valence-electron chi connectivity index (χ4n) is 9.70. The fraction of sp³-hybridized carbons (Fsp3) is 0.673. The van der Waals surface area contributed by atoms with Crippen LogP contribution in [0.3, 0.4) is 0 Å². The van der Waals surface area contributed by atoms with E-state index in [9.17, 15) is 62.8 Å². The van der Waals surface area contributed by atoms with E-state index in [1.807, 2.05) is 32.0 Å². The minimum atomic E-state index is -4.99. The van der Waals surface area contributed by atoms with Crippen molar-refractivity contribution in [3.63, 3.8) is 0 Å². The molecule has 0 aliphatic carbocycles. The van der Waals surface area contributed by atoms with Gasteiger partial charge in [-0.3, -0.25) is 42.9 Å². The van der Waals surface area contributed by atoms with Crippen molar-refractivity contribution in [2.24, 2.45) is 29.6 Å². The van der Waals surface area contributed by atoms with Crippen molar-refractivity contribution in [3.05, 3.63) is 48.0 Å². The number of methoxy groups -OCH3 is 2. The van der Waals surface area contributed by atoms with Crippen molar-refractivity contribution in [1.82, 2.24) is 35.3 Å². The highest BCUT2D eigenvalue weighted by Crippen LogP contribution is 2.47. The number of carbonyl (C=O) groups excluding carboxylic acids is 8. The zero-order valence-electron chi connectivity index (χ0n) is 46.0. The number of nitrogens with one attached hydrogen (secondary N) is 3. The highest BCUT2D eigenvalue weighted by Gasteiger charge is 2.44.